The Morgan fingerprint density at radius 2 is 1.90 bits per heavy atom. The number of carbonyl (C=O) groups is 2. The molecule has 2 aliphatic rings. The average Bonchev–Trinajstić information content (AvgIpc) is 3.16. The second-order valence-corrected chi connectivity index (χ2v) is 9.46. The van der Waals surface area contributed by atoms with Crippen LogP contribution < -0.4 is 5.32 Å². The molecule has 0 radical (unpaired) electrons. The summed E-state index contributed by atoms with van der Waals surface area (Å²) in [5.74, 6) is -1.18. The molecule has 1 aliphatic heterocycles. The molecule has 1 aromatic heterocycles. The summed E-state index contributed by atoms with van der Waals surface area (Å²) in [5.41, 5.74) is 0.990. The van der Waals surface area contributed by atoms with E-state index in [2.05, 4.69) is 10.3 Å². The Morgan fingerprint density at radius 3 is 2.55 bits per heavy atom. The number of aromatic nitrogens is 1. The lowest BCUT2D eigenvalue weighted by Crippen LogP contribution is -2.42. The highest BCUT2D eigenvalue weighted by atomic mass is 19.1. The van der Waals surface area contributed by atoms with Crippen LogP contribution in [0, 0.1) is 22.6 Å². The number of carbonyl (C=O) groups excluding carboxylic acids is 2. The van der Waals surface area contributed by atoms with Crippen molar-refractivity contribution < 1.29 is 18.7 Å². The van der Waals surface area contributed by atoms with Crippen molar-refractivity contribution in [1.29, 1.82) is 0 Å². The molecule has 2 amide bonds. The number of halogens is 1. The lowest BCUT2D eigenvalue weighted by Gasteiger charge is -2.32. The zero-order valence-corrected chi connectivity index (χ0v) is 18.3. The molecule has 2 heterocycles. The van der Waals surface area contributed by atoms with Crippen LogP contribution in [0.1, 0.15) is 49.9 Å². The summed E-state index contributed by atoms with van der Waals surface area (Å²) in [6.07, 6.45) is 1.36. The predicted octanol–water partition coefficient (Wildman–Crippen LogP) is 4.06. The third kappa shape index (κ3) is 3.94. The van der Waals surface area contributed by atoms with E-state index in [0.717, 1.165) is 5.69 Å². The molecule has 164 valence electrons. The van der Waals surface area contributed by atoms with E-state index in [1.165, 1.54) is 18.2 Å². The van der Waals surface area contributed by atoms with E-state index in [0.29, 0.717) is 25.4 Å². The first-order chi connectivity index (χ1) is 14.6. The number of anilines is 1. The summed E-state index contributed by atoms with van der Waals surface area (Å²) in [5, 5.41) is 2.80. The highest BCUT2D eigenvalue weighted by Gasteiger charge is 2.68. The van der Waals surface area contributed by atoms with Gasteiger partial charge in [0, 0.05) is 29.9 Å². The Balaban J connectivity index is 1.49. The van der Waals surface area contributed by atoms with Crippen LogP contribution in [-0.2, 0) is 9.53 Å². The van der Waals surface area contributed by atoms with Crippen molar-refractivity contribution in [2.24, 2.45) is 16.7 Å². The van der Waals surface area contributed by atoms with Crippen LogP contribution >= 0.6 is 0 Å². The van der Waals surface area contributed by atoms with Crippen LogP contribution in [0.4, 0.5) is 10.1 Å². The molecule has 1 saturated carbocycles. The quantitative estimate of drug-likeness (QED) is 0.802. The highest BCUT2D eigenvalue weighted by Crippen LogP contribution is 2.68. The maximum Gasteiger partial charge on any atom is 0.254 e. The number of ether oxygens (including phenoxy) is 1. The van der Waals surface area contributed by atoms with E-state index in [9.17, 15) is 14.0 Å². The van der Waals surface area contributed by atoms with Gasteiger partial charge in [0.15, 0.2) is 0 Å². The lowest BCUT2D eigenvalue weighted by atomic mass is 10.0. The normalized spacial score (nSPS) is 22.1. The first-order valence-electron chi connectivity index (χ1n) is 10.5. The van der Waals surface area contributed by atoms with Gasteiger partial charge in [0.25, 0.3) is 5.91 Å². The second kappa shape index (κ2) is 7.71. The van der Waals surface area contributed by atoms with Gasteiger partial charge in [-0.05, 0) is 41.2 Å². The fraction of sp³-hybridized carbons (Fsp3) is 0.458. The smallest absolute Gasteiger partial charge is 0.254 e. The zero-order chi connectivity index (χ0) is 22.4. The van der Waals surface area contributed by atoms with Gasteiger partial charge in [0.05, 0.1) is 18.8 Å². The number of amides is 2. The minimum Gasteiger partial charge on any atom is -0.368 e. The van der Waals surface area contributed by atoms with Crippen LogP contribution in [0.5, 0.6) is 0 Å². The van der Waals surface area contributed by atoms with E-state index >= 15 is 0 Å². The topological polar surface area (TPSA) is 71.5 Å². The first-order valence-corrected chi connectivity index (χ1v) is 10.5. The molecule has 1 saturated heterocycles. The van der Waals surface area contributed by atoms with Gasteiger partial charge >= 0.3 is 0 Å². The van der Waals surface area contributed by atoms with Crippen LogP contribution in [0.3, 0.4) is 0 Å². The first kappa shape index (κ1) is 21.4. The molecular weight excluding hydrogens is 397 g/mol. The van der Waals surface area contributed by atoms with Gasteiger partial charge in [-0.2, -0.15) is 0 Å². The highest BCUT2D eigenvalue weighted by molar-refractivity contribution is 5.99. The third-order valence-corrected chi connectivity index (χ3v) is 7.07. The molecule has 1 aliphatic carbocycles. The largest absolute Gasteiger partial charge is 0.368 e. The summed E-state index contributed by atoms with van der Waals surface area (Å²) in [7, 11) is 0. The molecule has 31 heavy (non-hydrogen) atoms. The van der Waals surface area contributed by atoms with E-state index in [-0.39, 0.29) is 40.2 Å². The van der Waals surface area contributed by atoms with Gasteiger partial charge in [0.1, 0.15) is 11.9 Å². The summed E-state index contributed by atoms with van der Waals surface area (Å²) >= 11 is 0. The molecule has 2 aromatic rings. The fourth-order valence-corrected chi connectivity index (χ4v) is 4.61. The number of hydrogen-bond acceptors (Lipinski definition) is 4. The molecule has 0 spiro atoms. The zero-order valence-electron chi connectivity index (χ0n) is 18.3. The van der Waals surface area contributed by atoms with Crippen molar-refractivity contribution in [1.82, 2.24) is 9.88 Å². The summed E-state index contributed by atoms with van der Waals surface area (Å²) in [6, 6.07) is 9.53. The van der Waals surface area contributed by atoms with Crippen molar-refractivity contribution in [3.05, 3.63) is 59.7 Å². The maximum absolute atomic E-state index is 14.3. The molecular formula is C24H28FN3O3. The Labute approximate surface area is 181 Å². The summed E-state index contributed by atoms with van der Waals surface area (Å²) < 4.78 is 20.1. The second-order valence-electron chi connectivity index (χ2n) is 9.46. The van der Waals surface area contributed by atoms with Crippen LogP contribution in [0.2, 0.25) is 0 Å². The molecule has 1 aromatic carbocycles. The van der Waals surface area contributed by atoms with E-state index < -0.39 is 5.82 Å². The molecule has 2 fully saturated rings. The lowest BCUT2D eigenvalue weighted by molar-refractivity contribution is -0.118. The minimum absolute atomic E-state index is 0.128. The Bertz CT molecular complexity index is 992. The van der Waals surface area contributed by atoms with Gasteiger partial charge in [-0.15, -0.1) is 0 Å². The van der Waals surface area contributed by atoms with Gasteiger partial charge in [-0.3, -0.25) is 14.6 Å². The Kier molecular flexibility index (Phi) is 5.33. The van der Waals surface area contributed by atoms with Gasteiger partial charge < -0.3 is 15.0 Å². The Morgan fingerprint density at radius 1 is 1.16 bits per heavy atom. The maximum atomic E-state index is 14.3. The van der Waals surface area contributed by atoms with Gasteiger partial charge in [-0.25, -0.2) is 4.39 Å². The third-order valence-electron chi connectivity index (χ3n) is 7.07. The summed E-state index contributed by atoms with van der Waals surface area (Å²) in [6.45, 7) is 9.31. The molecule has 1 N–H and O–H groups in total. The number of hydrogen-bond donors (Lipinski definition) is 1. The van der Waals surface area contributed by atoms with E-state index in [1.807, 2.05) is 45.9 Å². The monoisotopic (exact) mass is 425 g/mol. The predicted molar refractivity (Wildman–Crippen MR) is 115 cm³/mol. The standard InChI is InChI=1S/C24H28FN3O3/c1-23(2)20(24(23,3)4)21(29)27-17-12-15(11-16(25)13-17)22(30)28-9-10-31-19(14-28)18-7-5-6-8-26-18/h5-8,11-13,19-20H,9-10,14H2,1-4H3,(H,27,29). The molecule has 7 heteroatoms. The molecule has 1 atom stereocenters. The van der Waals surface area contributed by atoms with Crippen molar-refractivity contribution in [3.63, 3.8) is 0 Å². The fourth-order valence-electron chi connectivity index (χ4n) is 4.61. The number of pyridine rings is 1. The van der Waals surface area contributed by atoms with Crippen molar-refractivity contribution in [2.75, 3.05) is 25.0 Å². The van der Waals surface area contributed by atoms with Crippen molar-refractivity contribution >= 4 is 17.5 Å². The molecule has 1 unspecified atom stereocenters. The van der Waals surface area contributed by atoms with E-state index in [4.69, 9.17) is 4.74 Å². The van der Waals surface area contributed by atoms with E-state index in [1.54, 1.807) is 11.1 Å². The molecule has 6 nitrogen and oxygen atoms in total. The number of rotatable bonds is 4. The van der Waals surface area contributed by atoms with Crippen LogP contribution in [-0.4, -0.2) is 41.4 Å². The van der Waals surface area contributed by atoms with Gasteiger partial charge in [-0.1, -0.05) is 33.8 Å². The number of morpholine rings is 1. The van der Waals surface area contributed by atoms with Crippen LogP contribution in [0.15, 0.2) is 42.6 Å². The van der Waals surface area contributed by atoms with Crippen molar-refractivity contribution in [3.8, 4) is 0 Å². The molecule has 0 bridgehead atoms. The SMILES string of the molecule is CC1(C)C(C(=O)Nc2cc(F)cc(C(=O)N3CCOC(c4ccccn4)C3)c2)C1(C)C. The number of nitrogens with zero attached hydrogens (tertiary/aromatic N) is 2. The number of nitrogens with one attached hydrogen (secondary N) is 1. The van der Waals surface area contributed by atoms with Crippen molar-refractivity contribution in [2.45, 2.75) is 33.8 Å². The molecule has 4 rings (SSSR count). The summed E-state index contributed by atoms with van der Waals surface area (Å²) in [4.78, 5) is 31.8. The van der Waals surface area contributed by atoms with Gasteiger partial charge in [0.2, 0.25) is 5.91 Å². The minimum atomic E-state index is -0.565. The Hall–Kier alpha value is -2.80. The number of benzene rings is 1. The van der Waals surface area contributed by atoms with Crippen LogP contribution in [0.25, 0.3) is 0 Å². The average molecular weight is 426 g/mol.